The molecule has 0 radical (unpaired) electrons. The van der Waals surface area contributed by atoms with Crippen molar-refractivity contribution in [3.63, 3.8) is 0 Å². The normalized spacial score (nSPS) is 14.2. The Morgan fingerprint density at radius 3 is 1.84 bits per heavy atom. The highest BCUT2D eigenvalue weighted by atomic mass is 15.1. The molecular weight excluding hydrogens is 687 g/mol. The van der Waals surface area contributed by atoms with Gasteiger partial charge in [0, 0.05) is 23.8 Å². The van der Waals surface area contributed by atoms with Crippen molar-refractivity contribution >= 4 is 17.3 Å². The van der Waals surface area contributed by atoms with Gasteiger partial charge in [-0.15, -0.1) is 0 Å². The monoisotopic (exact) mass is 737 g/mol. The second-order valence-electron chi connectivity index (χ2n) is 14.5. The Morgan fingerprint density at radius 2 is 1.14 bits per heavy atom. The molecule has 7 rings (SSSR count). The molecule has 0 heterocycles. The highest BCUT2D eigenvalue weighted by Crippen LogP contribution is 2.38. The van der Waals surface area contributed by atoms with Gasteiger partial charge in [0.15, 0.2) is 0 Å². The summed E-state index contributed by atoms with van der Waals surface area (Å²) >= 11 is 0. The summed E-state index contributed by atoms with van der Waals surface area (Å²) < 4.78 is 0. The second kappa shape index (κ2) is 19.2. The number of nitrogens with zero attached hydrogens (tertiary/aromatic N) is 1. The summed E-state index contributed by atoms with van der Waals surface area (Å²) in [5.74, 6) is 0.346. The van der Waals surface area contributed by atoms with Crippen LogP contribution in [0.2, 0.25) is 0 Å². The number of allylic oxidation sites excluding steroid dienone is 8. The lowest BCUT2D eigenvalue weighted by atomic mass is 9.82. The molecule has 57 heavy (non-hydrogen) atoms. The number of fused-ring (bicyclic) bond motifs is 1. The number of anilines is 1. The standard InChI is InChI=1S/C56H51N/c1-4-45(53-32-20-29-49-28-18-19-31-54(49)53)30-21-41-57(44(3)34-33-43(2)46-22-12-8-6-5-7-9-13-23-46)52-39-40-55(56(42-52)50-26-16-11-17-27-50)51-37-35-48(36-38-51)47-24-14-10-15-25-47/h4-31,33-40,42,53H,32,41H2,1-3H3/b6-5?,7-5?,8-6?,9-7?,12-8?,13-9?,22-12?,23-13?,30-21-,43-33+,44-34+,45-4+,46-22?,46-23?. The van der Waals surface area contributed by atoms with Crippen molar-refractivity contribution in [3.05, 3.63) is 246 Å². The molecule has 0 saturated heterocycles. The van der Waals surface area contributed by atoms with E-state index < -0.39 is 0 Å². The molecule has 0 amide bonds. The molecule has 1 unspecified atom stereocenters. The molecule has 1 aliphatic carbocycles. The van der Waals surface area contributed by atoms with E-state index in [0.29, 0.717) is 5.92 Å². The predicted molar refractivity (Wildman–Crippen MR) is 247 cm³/mol. The van der Waals surface area contributed by atoms with Crippen LogP contribution in [0.1, 0.15) is 49.8 Å². The van der Waals surface area contributed by atoms with Crippen LogP contribution in [-0.2, 0) is 0 Å². The molecule has 280 valence electrons. The first kappa shape index (κ1) is 38.6. The van der Waals surface area contributed by atoms with Crippen LogP contribution in [0.15, 0.2) is 230 Å². The topological polar surface area (TPSA) is 3.24 Å². The number of hydrogen-bond acceptors (Lipinski definition) is 1. The van der Waals surface area contributed by atoms with E-state index in [2.05, 4.69) is 244 Å². The molecule has 1 aliphatic rings. The Balaban J connectivity index is 1.27. The van der Waals surface area contributed by atoms with Gasteiger partial charge in [0.2, 0.25) is 0 Å². The lowest BCUT2D eigenvalue weighted by molar-refractivity contribution is 0.815. The fourth-order valence-corrected chi connectivity index (χ4v) is 7.59. The highest BCUT2D eigenvalue weighted by Gasteiger charge is 2.19. The predicted octanol–water partition coefficient (Wildman–Crippen LogP) is 15.3. The first-order chi connectivity index (χ1) is 28.1. The first-order valence-electron chi connectivity index (χ1n) is 20.0. The van der Waals surface area contributed by atoms with Crippen LogP contribution in [0.3, 0.4) is 0 Å². The zero-order chi connectivity index (χ0) is 39.2. The maximum absolute atomic E-state index is 2.43. The molecule has 0 aromatic heterocycles. The molecule has 0 N–H and O–H groups in total. The fourth-order valence-electron chi connectivity index (χ4n) is 7.59. The lowest BCUT2D eigenvalue weighted by Crippen LogP contribution is -2.21. The van der Waals surface area contributed by atoms with Gasteiger partial charge in [-0.05, 0) is 107 Å². The molecule has 0 aliphatic heterocycles. The maximum Gasteiger partial charge on any atom is 0.0417 e. The molecule has 6 aromatic rings. The Bertz CT molecular complexity index is 2450. The SMILES string of the molecule is C/C=C(\C=C/CN(/C(C)=C/C=C(\C)c1ccccccccc1)c1ccc(-c2ccc(-c3ccccc3)cc2)c(-c2ccccc2)c1)C1CC=Cc2ccccc21. The third-order valence-electron chi connectivity index (χ3n) is 10.8. The summed E-state index contributed by atoms with van der Waals surface area (Å²) in [6.07, 6.45) is 17.0. The minimum absolute atomic E-state index is 0.346. The summed E-state index contributed by atoms with van der Waals surface area (Å²) in [5, 5.41) is 0. The summed E-state index contributed by atoms with van der Waals surface area (Å²) in [6, 6.07) is 64.9. The molecule has 0 saturated carbocycles. The van der Waals surface area contributed by atoms with Gasteiger partial charge in [-0.1, -0.05) is 206 Å². The number of benzene rings is 5. The maximum atomic E-state index is 2.43. The Kier molecular flexibility index (Phi) is 13.0. The largest absolute Gasteiger partial charge is 0.342 e. The molecule has 0 spiro atoms. The van der Waals surface area contributed by atoms with Crippen LogP contribution < -0.4 is 4.90 Å². The van der Waals surface area contributed by atoms with Crippen molar-refractivity contribution in [1.29, 1.82) is 0 Å². The van der Waals surface area contributed by atoms with Crippen molar-refractivity contribution in [2.75, 3.05) is 11.4 Å². The smallest absolute Gasteiger partial charge is 0.0417 e. The van der Waals surface area contributed by atoms with Gasteiger partial charge >= 0.3 is 0 Å². The van der Waals surface area contributed by atoms with Crippen LogP contribution in [0, 0.1) is 0 Å². The van der Waals surface area contributed by atoms with E-state index in [0.717, 1.165) is 24.4 Å². The third kappa shape index (κ3) is 9.76. The van der Waals surface area contributed by atoms with Crippen molar-refractivity contribution in [2.45, 2.75) is 33.1 Å². The van der Waals surface area contributed by atoms with Crippen molar-refractivity contribution in [2.24, 2.45) is 0 Å². The van der Waals surface area contributed by atoms with Gasteiger partial charge in [0.25, 0.3) is 0 Å². The van der Waals surface area contributed by atoms with E-state index in [9.17, 15) is 0 Å². The quantitative estimate of drug-likeness (QED) is 0.120. The second-order valence-corrected chi connectivity index (χ2v) is 14.5. The zero-order valence-corrected chi connectivity index (χ0v) is 33.3. The Morgan fingerprint density at radius 1 is 0.579 bits per heavy atom. The van der Waals surface area contributed by atoms with E-state index >= 15 is 0 Å². The van der Waals surface area contributed by atoms with Crippen LogP contribution in [0.25, 0.3) is 45.0 Å². The highest BCUT2D eigenvalue weighted by molar-refractivity contribution is 5.87. The minimum Gasteiger partial charge on any atom is -0.342 e. The van der Waals surface area contributed by atoms with Gasteiger partial charge < -0.3 is 4.90 Å². The average Bonchev–Trinajstić information content (AvgIpc) is 3.27. The van der Waals surface area contributed by atoms with E-state index in [1.807, 2.05) is 6.07 Å². The Labute approximate surface area is 340 Å². The van der Waals surface area contributed by atoms with E-state index in [-0.39, 0.29) is 0 Å². The summed E-state index contributed by atoms with van der Waals surface area (Å²) in [7, 11) is 0. The van der Waals surface area contributed by atoms with Crippen LogP contribution in [-0.4, -0.2) is 6.54 Å². The van der Waals surface area contributed by atoms with E-state index in [1.165, 1.54) is 61.2 Å². The molecule has 0 bridgehead atoms. The molecule has 1 nitrogen and oxygen atoms in total. The van der Waals surface area contributed by atoms with Gasteiger partial charge in [0.1, 0.15) is 0 Å². The number of hydrogen-bond donors (Lipinski definition) is 0. The molecule has 6 aromatic carbocycles. The third-order valence-corrected chi connectivity index (χ3v) is 10.8. The Hall–Kier alpha value is -6.70. The lowest BCUT2D eigenvalue weighted by Gasteiger charge is -2.27. The van der Waals surface area contributed by atoms with E-state index in [4.69, 9.17) is 0 Å². The van der Waals surface area contributed by atoms with Crippen LogP contribution in [0.5, 0.6) is 0 Å². The van der Waals surface area contributed by atoms with Crippen molar-refractivity contribution in [3.8, 4) is 33.4 Å². The first-order valence-corrected chi connectivity index (χ1v) is 20.0. The summed E-state index contributed by atoms with van der Waals surface area (Å²) in [5.41, 5.74) is 16.0. The van der Waals surface area contributed by atoms with Crippen molar-refractivity contribution < 1.29 is 0 Å². The van der Waals surface area contributed by atoms with Gasteiger partial charge in [0.05, 0.1) is 0 Å². The summed E-state index contributed by atoms with van der Waals surface area (Å²) in [6.45, 7) is 7.29. The van der Waals surface area contributed by atoms with E-state index in [1.54, 1.807) is 0 Å². The van der Waals surface area contributed by atoms with Crippen molar-refractivity contribution in [1.82, 2.24) is 0 Å². The van der Waals surface area contributed by atoms with Crippen LogP contribution >= 0.6 is 0 Å². The summed E-state index contributed by atoms with van der Waals surface area (Å²) in [4.78, 5) is 2.43. The molecular formula is C56H51N. The molecule has 1 atom stereocenters. The minimum atomic E-state index is 0.346. The average molecular weight is 738 g/mol. The van der Waals surface area contributed by atoms with Crippen LogP contribution in [0.4, 0.5) is 5.69 Å². The van der Waals surface area contributed by atoms with Gasteiger partial charge in [-0.25, -0.2) is 0 Å². The van der Waals surface area contributed by atoms with Gasteiger partial charge in [-0.2, -0.15) is 0 Å². The number of rotatable bonds is 11. The molecule has 1 heteroatoms. The zero-order valence-electron chi connectivity index (χ0n) is 33.3. The van der Waals surface area contributed by atoms with Gasteiger partial charge in [-0.3, -0.25) is 0 Å². The molecule has 0 fully saturated rings. The fraction of sp³-hybridized carbons (Fsp3) is 0.107.